The minimum absolute atomic E-state index is 0.0128. The van der Waals surface area contributed by atoms with Crippen molar-refractivity contribution in [2.75, 3.05) is 11.9 Å². The molecule has 6 N–H and O–H groups in total. The SMILES string of the molecule is CCNC(=O)[C@H](CCC(=O)O)NC(=O)c1c[nH]c(-c2cc(Oc3ccc(NC(=O)NC4=CC(C)=CCC4C)c(F)c3)ccn2)c1. The summed E-state index contributed by atoms with van der Waals surface area (Å²) in [5, 5.41) is 19.5. The summed E-state index contributed by atoms with van der Waals surface area (Å²) in [4.78, 5) is 55.9. The number of ether oxygens (including phenoxy) is 1. The predicted molar refractivity (Wildman–Crippen MR) is 165 cm³/mol. The smallest absolute Gasteiger partial charge is 0.323 e. The molecule has 1 aliphatic carbocycles. The number of likely N-dealkylation sites (N-methyl/N-ethyl adjacent to an activating group) is 1. The number of aromatic amines is 1. The number of nitrogens with zero attached hydrogens (tertiary/aromatic N) is 1. The molecule has 3 aromatic rings. The summed E-state index contributed by atoms with van der Waals surface area (Å²) in [6.45, 7) is 5.99. The fourth-order valence-corrected chi connectivity index (χ4v) is 4.55. The molecule has 1 aromatic carbocycles. The Balaban J connectivity index is 1.39. The highest BCUT2D eigenvalue weighted by Gasteiger charge is 2.23. The van der Waals surface area contributed by atoms with Crippen LogP contribution in [0.5, 0.6) is 11.5 Å². The van der Waals surface area contributed by atoms with Crippen molar-refractivity contribution in [3.63, 3.8) is 0 Å². The largest absolute Gasteiger partial charge is 0.481 e. The normalized spacial score (nSPS) is 14.8. The van der Waals surface area contributed by atoms with E-state index in [0.29, 0.717) is 23.7 Å². The molecule has 236 valence electrons. The van der Waals surface area contributed by atoms with Gasteiger partial charge in [-0.05, 0) is 62.9 Å². The number of halogens is 1. The highest BCUT2D eigenvalue weighted by Crippen LogP contribution is 2.28. The minimum atomic E-state index is -1.08. The molecule has 0 saturated carbocycles. The molecule has 4 rings (SSSR count). The van der Waals surface area contributed by atoms with Crippen molar-refractivity contribution in [1.82, 2.24) is 25.9 Å². The van der Waals surface area contributed by atoms with Crippen LogP contribution in [0, 0.1) is 11.7 Å². The Morgan fingerprint density at radius 1 is 1.13 bits per heavy atom. The van der Waals surface area contributed by atoms with Crippen molar-refractivity contribution in [3.05, 3.63) is 83.6 Å². The van der Waals surface area contributed by atoms with Crippen molar-refractivity contribution in [3.8, 4) is 22.9 Å². The molecule has 0 radical (unpaired) electrons. The van der Waals surface area contributed by atoms with E-state index in [1.54, 1.807) is 19.1 Å². The van der Waals surface area contributed by atoms with Gasteiger partial charge in [0.1, 0.15) is 23.4 Å². The van der Waals surface area contributed by atoms with Crippen LogP contribution >= 0.6 is 0 Å². The van der Waals surface area contributed by atoms with E-state index >= 15 is 0 Å². The van der Waals surface area contributed by atoms with Crippen LogP contribution < -0.4 is 26.0 Å². The lowest BCUT2D eigenvalue weighted by Crippen LogP contribution is -2.46. The summed E-state index contributed by atoms with van der Waals surface area (Å²) in [6, 6.07) is 7.19. The summed E-state index contributed by atoms with van der Waals surface area (Å²) < 4.78 is 20.7. The lowest BCUT2D eigenvalue weighted by Gasteiger charge is -2.20. The van der Waals surface area contributed by atoms with Crippen LogP contribution in [-0.2, 0) is 9.59 Å². The number of carboxylic acid groups (broad SMARTS) is 1. The number of rotatable bonds is 12. The number of urea groups is 1. The van der Waals surface area contributed by atoms with Crippen molar-refractivity contribution < 1.29 is 33.4 Å². The van der Waals surface area contributed by atoms with E-state index in [-0.39, 0.29) is 35.8 Å². The molecule has 0 fully saturated rings. The first-order valence-electron chi connectivity index (χ1n) is 14.4. The Morgan fingerprint density at radius 3 is 2.64 bits per heavy atom. The molecule has 0 bridgehead atoms. The molecular formula is C32H35FN6O6. The van der Waals surface area contributed by atoms with Crippen molar-refractivity contribution >= 4 is 29.5 Å². The monoisotopic (exact) mass is 618 g/mol. The van der Waals surface area contributed by atoms with Crippen LogP contribution in [0.15, 0.2) is 72.2 Å². The molecule has 2 heterocycles. The molecule has 45 heavy (non-hydrogen) atoms. The second-order valence-electron chi connectivity index (χ2n) is 10.5. The van der Waals surface area contributed by atoms with Gasteiger partial charge in [0.05, 0.1) is 22.6 Å². The van der Waals surface area contributed by atoms with E-state index in [1.807, 2.05) is 19.9 Å². The Hall–Kier alpha value is -5.46. The van der Waals surface area contributed by atoms with E-state index < -0.39 is 35.7 Å². The number of amides is 4. The average Bonchev–Trinajstić information content (AvgIpc) is 3.49. The summed E-state index contributed by atoms with van der Waals surface area (Å²) in [7, 11) is 0. The molecule has 12 nitrogen and oxygen atoms in total. The van der Waals surface area contributed by atoms with Crippen LogP contribution in [0.4, 0.5) is 14.9 Å². The number of aromatic nitrogens is 2. The Labute approximate surface area is 259 Å². The summed E-state index contributed by atoms with van der Waals surface area (Å²) in [6.07, 6.45) is 7.36. The number of nitrogens with one attached hydrogen (secondary N) is 5. The van der Waals surface area contributed by atoms with Gasteiger partial charge in [-0.1, -0.05) is 18.6 Å². The lowest BCUT2D eigenvalue weighted by molar-refractivity contribution is -0.137. The van der Waals surface area contributed by atoms with Gasteiger partial charge in [0.15, 0.2) is 0 Å². The third-order valence-corrected chi connectivity index (χ3v) is 6.96. The zero-order chi connectivity index (χ0) is 32.5. The maximum absolute atomic E-state index is 14.9. The Kier molecular flexibility index (Phi) is 10.7. The first kappa shape index (κ1) is 32.5. The van der Waals surface area contributed by atoms with E-state index in [9.17, 15) is 23.6 Å². The van der Waals surface area contributed by atoms with Gasteiger partial charge in [-0.25, -0.2) is 9.18 Å². The molecule has 0 aliphatic heterocycles. The first-order chi connectivity index (χ1) is 21.5. The number of carbonyl (C=O) groups is 4. The van der Waals surface area contributed by atoms with Crippen LogP contribution in [0.3, 0.4) is 0 Å². The van der Waals surface area contributed by atoms with Gasteiger partial charge in [-0.15, -0.1) is 0 Å². The standard InChI is InChI=1S/C32H35FN6O6/c1-4-34-31(43)25(9-10-29(40)41)37-30(42)20-14-27(36-17-20)28-16-22(11-12-35-28)45-21-7-8-24(23(33)15-21)38-32(44)39-26-13-18(2)5-6-19(26)3/h5,7-8,11-17,19,25,36H,4,6,9-10H2,1-3H3,(H,34,43)(H,37,42)(H,40,41)(H2,38,39,44)/t19?,25-/m0/s1. The van der Waals surface area contributed by atoms with Gasteiger partial charge >= 0.3 is 12.0 Å². The average molecular weight is 619 g/mol. The number of hydrogen-bond donors (Lipinski definition) is 6. The van der Waals surface area contributed by atoms with Gasteiger partial charge in [-0.3, -0.25) is 19.4 Å². The first-order valence-corrected chi connectivity index (χ1v) is 14.4. The zero-order valence-corrected chi connectivity index (χ0v) is 25.1. The van der Waals surface area contributed by atoms with E-state index in [0.717, 1.165) is 23.8 Å². The number of carbonyl (C=O) groups excluding carboxylic acids is 3. The molecule has 1 aliphatic rings. The van der Waals surface area contributed by atoms with Crippen LogP contribution in [-0.4, -0.2) is 51.5 Å². The molecular weight excluding hydrogens is 583 g/mol. The molecule has 13 heteroatoms. The lowest BCUT2D eigenvalue weighted by atomic mass is 9.95. The van der Waals surface area contributed by atoms with Crippen molar-refractivity contribution in [2.45, 2.75) is 46.1 Å². The van der Waals surface area contributed by atoms with Gasteiger partial charge < -0.3 is 36.1 Å². The zero-order valence-electron chi connectivity index (χ0n) is 25.1. The summed E-state index contributed by atoms with van der Waals surface area (Å²) >= 11 is 0. The topological polar surface area (TPSA) is 175 Å². The maximum Gasteiger partial charge on any atom is 0.323 e. The number of aliphatic carboxylic acids is 1. The second-order valence-corrected chi connectivity index (χ2v) is 10.5. The molecule has 0 saturated heterocycles. The number of carboxylic acids is 1. The number of pyridine rings is 1. The summed E-state index contributed by atoms with van der Waals surface area (Å²) in [5.41, 5.74) is 2.89. The van der Waals surface area contributed by atoms with Crippen LogP contribution in [0.2, 0.25) is 0 Å². The van der Waals surface area contributed by atoms with Crippen LogP contribution in [0.1, 0.15) is 50.4 Å². The quantitative estimate of drug-likeness (QED) is 0.164. The highest BCUT2D eigenvalue weighted by molar-refractivity contribution is 5.98. The Bertz CT molecular complexity index is 1650. The minimum Gasteiger partial charge on any atom is -0.481 e. The number of hydrogen-bond acceptors (Lipinski definition) is 6. The van der Waals surface area contributed by atoms with Gasteiger partial charge in [0.25, 0.3) is 5.91 Å². The number of H-pyrrole nitrogens is 1. The number of allylic oxidation sites excluding steroid dienone is 4. The molecule has 2 aromatic heterocycles. The molecule has 0 spiro atoms. The third-order valence-electron chi connectivity index (χ3n) is 6.96. The third kappa shape index (κ3) is 9.02. The summed E-state index contributed by atoms with van der Waals surface area (Å²) in [5.74, 6) is -2.15. The van der Waals surface area contributed by atoms with Gasteiger partial charge in [-0.2, -0.15) is 0 Å². The molecule has 1 unspecified atom stereocenters. The van der Waals surface area contributed by atoms with E-state index in [4.69, 9.17) is 9.84 Å². The second kappa shape index (κ2) is 14.8. The fraction of sp³-hybridized carbons (Fsp3) is 0.281. The number of benzene rings is 1. The van der Waals surface area contributed by atoms with Crippen molar-refractivity contribution in [2.24, 2.45) is 5.92 Å². The highest BCUT2D eigenvalue weighted by atomic mass is 19.1. The number of anilines is 1. The van der Waals surface area contributed by atoms with Gasteiger partial charge in [0.2, 0.25) is 5.91 Å². The van der Waals surface area contributed by atoms with E-state index in [1.165, 1.54) is 30.6 Å². The Morgan fingerprint density at radius 2 is 1.91 bits per heavy atom. The van der Waals surface area contributed by atoms with Crippen molar-refractivity contribution in [1.29, 1.82) is 0 Å². The fourth-order valence-electron chi connectivity index (χ4n) is 4.55. The van der Waals surface area contributed by atoms with Gasteiger partial charge in [0, 0.05) is 43.2 Å². The molecule has 2 atom stereocenters. The van der Waals surface area contributed by atoms with E-state index in [2.05, 4.69) is 37.3 Å². The maximum atomic E-state index is 14.9. The molecule has 4 amide bonds. The van der Waals surface area contributed by atoms with Crippen LogP contribution in [0.25, 0.3) is 11.4 Å². The predicted octanol–water partition coefficient (Wildman–Crippen LogP) is 5.10.